The highest BCUT2D eigenvalue weighted by Gasteiger charge is 2.35. The molecule has 1 unspecified atom stereocenters. The molecule has 0 spiro atoms. The minimum absolute atomic E-state index is 0.141. The third-order valence-electron chi connectivity index (χ3n) is 4.49. The Hall–Kier alpha value is -2.39. The Kier molecular flexibility index (Phi) is 6.33. The molecule has 0 saturated carbocycles. The van der Waals surface area contributed by atoms with Crippen LogP contribution in [0.2, 0.25) is 0 Å². The van der Waals surface area contributed by atoms with Gasteiger partial charge in [-0.25, -0.2) is 0 Å². The molecule has 2 rings (SSSR count). The Morgan fingerprint density at radius 3 is 2.92 bits per heavy atom. The number of likely N-dealkylation sites (tertiary alicyclic amines) is 1. The van der Waals surface area contributed by atoms with Gasteiger partial charge < -0.3 is 15.0 Å². The third-order valence-corrected chi connectivity index (χ3v) is 4.49. The average molecular weight is 330 g/mol. The van der Waals surface area contributed by atoms with Crippen molar-refractivity contribution >= 4 is 17.6 Å². The van der Waals surface area contributed by atoms with E-state index in [-0.39, 0.29) is 23.8 Å². The number of nitriles is 1. The molecule has 128 valence electrons. The van der Waals surface area contributed by atoms with Crippen molar-refractivity contribution in [3.05, 3.63) is 29.8 Å². The first kappa shape index (κ1) is 18.0. The maximum absolute atomic E-state index is 12.5. The number of rotatable bonds is 5. The molecule has 1 amide bonds. The molecule has 0 bridgehead atoms. The maximum atomic E-state index is 12.5. The largest absolute Gasteiger partial charge is 0.466 e. The van der Waals surface area contributed by atoms with Gasteiger partial charge >= 0.3 is 5.97 Å². The number of piperidine rings is 1. The van der Waals surface area contributed by atoms with Crippen LogP contribution in [-0.2, 0) is 14.3 Å². The van der Waals surface area contributed by atoms with Crippen LogP contribution in [-0.4, -0.2) is 37.6 Å². The summed E-state index contributed by atoms with van der Waals surface area (Å²) in [5.41, 5.74) is 0.964. The zero-order valence-corrected chi connectivity index (χ0v) is 14.2. The van der Waals surface area contributed by atoms with Crippen molar-refractivity contribution in [2.45, 2.75) is 32.7 Å². The summed E-state index contributed by atoms with van der Waals surface area (Å²) in [7, 11) is 0. The fourth-order valence-corrected chi connectivity index (χ4v) is 3.07. The van der Waals surface area contributed by atoms with Gasteiger partial charge in [-0.1, -0.05) is 12.1 Å². The van der Waals surface area contributed by atoms with Gasteiger partial charge in [-0.2, -0.15) is 5.26 Å². The first-order chi connectivity index (χ1) is 11.6. The standard InChI is InChI=1S/C18H23N3O3/c1-3-24-18(23)15-8-6-10-21(12-15)13(2)17(22)20-16-9-5-4-7-14(16)11-19/h4-5,7,9,13,15H,3,6,8,10,12H2,1-2H3,(H,20,22)/p+1/t13-,15+/m0/s1. The van der Waals surface area contributed by atoms with E-state index < -0.39 is 0 Å². The first-order valence-corrected chi connectivity index (χ1v) is 8.38. The van der Waals surface area contributed by atoms with Crippen LogP contribution < -0.4 is 10.2 Å². The van der Waals surface area contributed by atoms with Gasteiger partial charge in [-0.3, -0.25) is 9.59 Å². The van der Waals surface area contributed by atoms with Crippen molar-refractivity contribution in [3.8, 4) is 6.07 Å². The second-order valence-corrected chi connectivity index (χ2v) is 6.07. The van der Waals surface area contributed by atoms with E-state index in [2.05, 4.69) is 11.4 Å². The topological polar surface area (TPSA) is 83.6 Å². The van der Waals surface area contributed by atoms with E-state index >= 15 is 0 Å². The number of hydrogen-bond acceptors (Lipinski definition) is 4. The highest BCUT2D eigenvalue weighted by atomic mass is 16.5. The molecule has 24 heavy (non-hydrogen) atoms. The zero-order chi connectivity index (χ0) is 17.5. The lowest BCUT2D eigenvalue weighted by molar-refractivity contribution is -0.921. The van der Waals surface area contributed by atoms with E-state index in [1.165, 1.54) is 0 Å². The molecule has 6 heteroatoms. The summed E-state index contributed by atoms with van der Waals surface area (Å²) in [6, 6.07) is 8.71. The van der Waals surface area contributed by atoms with Crippen LogP contribution in [0.3, 0.4) is 0 Å². The predicted molar refractivity (Wildman–Crippen MR) is 89.3 cm³/mol. The average Bonchev–Trinajstić information content (AvgIpc) is 2.61. The number of ether oxygens (including phenoxy) is 1. The van der Waals surface area contributed by atoms with Gasteiger partial charge in [-0.15, -0.1) is 0 Å². The summed E-state index contributed by atoms with van der Waals surface area (Å²) in [5, 5.41) is 11.9. The summed E-state index contributed by atoms with van der Waals surface area (Å²) >= 11 is 0. The number of quaternary nitrogens is 1. The summed E-state index contributed by atoms with van der Waals surface area (Å²) in [6.45, 7) is 5.49. The molecule has 1 heterocycles. The van der Waals surface area contributed by atoms with Crippen LogP contribution in [0.1, 0.15) is 32.3 Å². The van der Waals surface area contributed by atoms with Crippen LogP contribution in [0.25, 0.3) is 0 Å². The molecule has 0 aliphatic carbocycles. The number of carbonyl (C=O) groups is 2. The number of benzene rings is 1. The minimum atomic E-state index is -0.297. The van der Waals surface area contributed by atoms with Gasteiger partial charge in [0.15, 0.2) is 6.04 Å². The zero-order valence-electron chi connectivity index (χ0n) is 14.2. The summed E-state index contributed by atoms with van der Waals surface area (Å²) in [4.78, 5) is 25.5. The normalized spacial score (nSPS) is 21.4. The van der Waals surface area contributed by atoms with Crippen molar-refractivity contribution < 1.29 is 19.2 Å². The molecule has 0 radical (unpaired) electrons. The maximum Gasteiger partial charge on any atom is 0.314 e. The second kappa shape index (κ2) is 8.46. The highest BCUT2D eigenvalue weighted by Crippen LogP contribution is 2.14. The van der Waals surface area contributed by atoms with Crippen molar-refractivity contribution in [1.29, 1.82) is 5.26 Å². The fourth-order valence-electron chi connectivity index (χ4n) is 3.07. The SMILES string of the molecule is CCOC(=O)[C@@H]1CCC[NH+]([C@@H](C)C(=O)Nc2ccccc2C#N)C1. The smallest absolute Gasteiger partial charge is 0.314 e. The Labute approximate surface area is 142 Å². The van der Waals surface area contributed by atoms with Gasteiger partial charge in [0, 0.05) is 0 Å². The van der Waals surface area contributed by atoms with Crippen molar-refractivity contribution in [1.82, 2.24) is 0 Å². The number of anilines is 1. The lowest BCUT2D eigenvalue weighted by Crippen LogP contribution is -3.18. The summed E-state index contributed by atoms with van der Waals surface area (Å²) in [6.07, 6.45) is 1.71. The third kappa shape index (κ3) is 4.33. The molecule has 1 saturated heterocycles. The number of hydrogen-bond donors (Lipinski definition) is 2. The van der Waals surface area contributed by atoms with E-state index in [1.807, 2.05) is 6.92 Å². The van der Waals surface area contributed by atoms with Crippen LogP contribution in [0.5, 0.6) is 0 Å². The molecular formula is C18H24N3O3+. The second-order valence-electron chi connectivity index (χ2n) is 6.07. The quantitative estimate of drug-likeness (QED) is 0.780. The monoisotopic (exact) mass is 330 g/mol. The van der Waals surface area contributed by atoms with Crippen molar-refractivity contribution in [2.75, 3.05) is 25.0 Å². The fraction of sp³-hybridized carbons (Fsp3) is 0.500. The molecule has 1 aliphatic heterocycles. The molecule has 1 aromatic carbocycles. The summed E-state index contributed by atoms with van der Waals surface area (Å²) in [5.74, 6) is -0.454. The number of nitrogens with one attached hydrogen (secondary N) is 2. The van der Waals surface area contributed by atoms with E-state index in [9.17, 15) is 9.59 Å². The summed E-state index contributed by atoms with van der Waals surface area (Å²) < 4.78 is 5.11. The Balaban J connectivity index is 2.00. The Morgan fingerprint density at radius 2 is 2.21 bits per heavy atom. The van der Waals surface area contributed by atoms with Crippen LogP contribution in [0.15, 0.2) is 24.3 Å². The lowest BCUT2D eigenvalue weighted by atomic mass is 9.97. The number of carbonyl (C=O) groups excluding carboxylic acids is 2. The molecule has 1 aliphatic rings. The molecule has 1 aromatic rings. The van der Waals surface area contributed by atoms with E-state index in [0.717, 1.165) is 24.3 Å². The lowest BCUT2D eigenvalue weighted by Gasteiger charge is -2.32. The number of para-hydroxylation sites is 1. The van der Waals surface area contributed by atoms with E-state index in [1.54, 1.807) is 31.2 Å². The van der Waals surface area contributed by atoms with Crippen LogP contribution in [0, 0.1) is 17.2 Å². The predicted octanol–water partition coefficient (Wildman–Crippen LogP) is 0.743. The van der Waals surface area contributed by atoms with Crippen molar-refractivity contribution in [3.63, 3.8) is 0 Å². The highest BCUT2D eigenvalue weighted by molar-refractivity contribution is 5.94. The van der Waals surface area contributed by atoms with Gasteiger partial charge in [-0.05, 0) is 38.8 Å². The van der Waals surface area contributed by atoms with Crippen LogP contribution >= 0.6 is 0 Å². The molecule has 0 aromatic heterocycles. The molecule has 1 fully saturated rings. The molecule has 3 atom stereocenters. The van der Waals surface area contributed by atoms with Gasteiger partial charge in [0.2, 0.25) is 0 Å². The first-order valence-electron chi connectivity index (χ1n) is 8.38. The van der Waals surface area contributed by atoms with Crippen molar-refractivity contribution in [2.24, 2.45) is 5.92 Å². The van der Waals surface area contributed by atoms with E-state index in [0.29, 0.717) is 24.4 Å². The van der Waals surface area contributed by atoms with Gasteiger partial charge in [0.25, 0.3) is 5.91 Å². The van der Waals surface area contributed by atoms with Gasteiger partial charge in [0.05, 0.1) is 30.9 Å². The Bertz CT molecular complexity index is 639. The number of esters is 1. The molecule has 6 nitrogen and oxygen atoms in total. The number of amides is 1. The minimum Gasteiger partial charge on any atom is -0.466 e. The Morgan fingerprint density at radius 1 is 1.46 bits per heavy atom. The van der Waals surface area contributed by atoms with Gasteiger partial charge in [0.1, 0.15) is 12.0 Å². The molecule has 2 N–H and O–H groups in total. The van der Waals surface area contributed by atoms with E-state index in [4.69, 9.17) is 10.00 Å². The van der Waals surface area contributed by atoms with Crippen LogP contribution in [0.4, 0.5) is 5.69 Å². The number of nitrogens with zero attached hydrogens (tertiary/aromatic N) is 1. The molecular weight excluding hydrogens is 306 g/mol.